The summed E-state index contributed by atoms with van der Waals surface area (Å²) in [7, 11) is 1.27. The Kier molecular flexibility index (Phi) is 34.5. The summed E-state index contributed by atoms with van der Waals surface area (Å²) in [5, 5.41) is 13.7. The number of allylic oxidation sites excluding steroid dienone is 1. The Labute approximate surface area is 316 Å². The van der Waals surface area contributed by atoms with Crippen molar-refractivity contribution in [3.05, 3.63) is 12.2 Å². The van der Waals surface area contributed by atoms with Crippen molar-refractivity contribution in [2.75, 3.05) is 40.9 Å². The first-order chi connectivity index (χ1) is 24.5. The average molecular weight is 745 g/mol. The molecule has 304 valence electrons. The number of likely N-dealkylation sites (N-methyl/N-ethyl adjacent to an activating group) is 1. The van der Waals surface area contributed by atoms with Crippen LogP contribution in [-0.4, -0.2) is 68.5 Å². The van der Waals surface area contributed by atoms with E-state index >= 15 is 0 Å². The maximum Gasteiger partial charge on any atom is 0.268 e. The molecule has 0 aliphatic carbocycles. The van der Waals surface area contributed by atoms with Gasteiger partial charge in [-0.2, -0.15) is 0 Å². The van der Waals surface area contributed by atoms with Gasteiger partial charge in [0.05, 0.1) is 39.9 Å². The highest BCUT2D eigenvalue weighted by Crippen LogP contribution is 2.38. The highest BCUT2D eigenvalue weighted by Gasteiger charge is 2.23. The molecule has 51 heavy (non-hydrogen) atoms. The van der Waals surface area contributed by atoms with E-state index in [-0.39, 0.29) is 19.1 Å². The molecule has 0 spiro atoms. The molecule has 3 unspecified atom stereocenters. The number of aliphatic hydroxyl groups excluding tert-OH is 1. The summed E-state index contributed by atoms with van der Waals surface area (Å²) in [6.07, 6.45) is 38.4. The van der Waals surface area contributed by atoms with Gasteiger partial charge >= 0.3 is 0 Å². The predicted molar refractivity (Wildman–Crippen MR) is 215 cm³/mol. The molecule has 0 bridgehead atoms. The van der Waals surface area contributed by atoms with E-state index in [2.05, 4.69) is 19.2 Å². The van der Waals surface area contributed by atoms with Crippen LogP contribution in [0.5, 0.6) is 0 Å². The minimum absolute atomic E-state index is 0.00148. The van der Waals surface area contributed by atoms with Crippen molar-refractivity contribution in [1.29, 1.82) is 0 Å². The van der Waals surface area contributed by atoms with Crippen molar-refractivity contribution in [3.63, 3.8) is 0 Å². The van der Waals surface area contributed by atoms with Gasteiger partial charge in [-0.25, -0.2) is 0 Å². The Bertz CT molecular complexity index is 850. The number of nitrogens with zero attached hydrogens (tertiary/aromatic N) is 1. The van der Waals surface area contributed by atoms with Crippen LogP contribution >= 0.6 is 7.82 Å². The maximum atomic E-state index is 12.8. The number of aliphatic hydroxyl groups is 1. The van der Waals surface area contributed by atoms with Crippen LogP contribution in [0.15, 0.2) is 12.2 Å². The van der Waals surface area contributed by atoms with Crippen LogP contribution in [0.2, 0.25) is 0 Å². The molecule has 0 radical (unpaired) electrons. The van der Waals surface area contributed by atoms with Crippen LogP contribution in [0.4, 0.5) is 0 Å². The fourth-order valence-electron chi connectivity index (χ4n) is 6.27. The summed E-state index contributed by atoms with van der Waals surface area (Å²) in [6, 6.07) is -0.877. The van der Waals surface area contributed by atoms with E-state index in [0.717, 1.165) is 38.5 Å². The fourth-order valence-corrected chi connectivity index (χ4v) is 6.99. The zero-order valence-corrected chi connectivity index (χ0v) is 35.2. The van der Waals surface area contributed by atoms with Crippen molar-refractivity contribution in [1.82, 2.24) is 5.32 Å². The number of nitrogens with one attached hydrogen (secondary N) is 1. The third kappa shape index (κ3) is 37.4. The molecule has 0 saturated heterocycles. The number of unbranched alkanes of at least 4 members (excludes halogenated alkanes) is 26. The second kappa shape index (κ2) is 35.0. The Morgan fingerprint density at radius 1 is 0.667 bits per heavy atom. The standard InChI is InChI=1S/C42H85N2O6P/c1-6-8-10-12-14-16-17-18-19-20-21-22-23-24-25-26-27-28-30-32-34-36-42(46)43-40(39-50-51(47,48)49-38-37-44(3,4)5)41(45)35-33-31-29-15-13-11-9-7-2/h33,35,40-41,45H,6-32,34,36-39H2,1-5H3,(H-,43,46,47,48)/b35-33+. The smallest absolute Gasteiger partial charge is 0.268 e. The van der Waals surface area contributed by atoms with Crippen LogP contribution in [0, 0.1) is 0 Å². The van der Waals surface area contributed by atoms with Crippen molar-refractivity contribution >= 4 is 13.7 Å². The summed E-state index contributed by atoms with van der Waals surface area (Å²) >= 11 is 0. The normalized spacial score (nSPS) is 14.6. The van der Waals surface area contributed by atoms with Crippen molar-refractivity contribution in [2.45, 2.75) is 212 Å². The van der Waals surface area contributed by atoms with Gasteiger partial charge in [0, 0.05) is 6.42 Å². The Morgan fingerprint density at radius 2 is 1.06 bits per heavy atom. The lowest BCUT2D eigenvalue weighted by Gasteiger charge is -2.29. The van der Waals surface area contributed by atoms with Gasteiger partial charge in [0.15, 0.2) is 0 Å². The topological polar surface area (TPSA) is 108 Å². The van der Waals surface area contributed by atoms with Crippen LogP contribution < -0.4 is 10.2 Å². The Hall–Kier alpha value is -0.760. The number of hydrogen-bond acceptors (Lipinski definition) is 6. The zero-order valence-electron chi connectivity index (χ0n) is 34.3. The molecular formula is C42H85N2O6P. The summed E-state index contributed by atoms with van der Waals surface area (Å²) in [5.74, 6) is -0.198. The second-order valence-electron chi connectivity index (χ2n) is 16.1. The Balaban J connectivity index is 4.19. The van der Waals surface area contributed by atoms with E-state index in [1.807, 2.05) is 27.2 Å². The van der Waals surface area contributed by atoms with E-state index in [1.54, 1.807) is 6.08 Å². The zero-order chi connectivity index (χ0) is 37.9. The van der Waals surface area contributed by atoms with E-state index < -0.39 is 20.0 Å². The summed E-state index contributed by atoms with van der Waals surface area (Å²) in [5.41, 5.74) is 0. The fraction of sp³-hybridized carbons (Fsp3) is 0.929. The SMILES string of the molecule is CCCCCCCC/C=C/C(O)C(COP(=O)([O-])OCC[N+](C)(C)C)NC(=O)CCCCCCCCCCCCCCCCCCCCCCC. The van der Waals surface area contributed by atoms with Crippen molar-refractivity contribution in [2.24, 2.45) is 0 Å². The number of rotatable bonds is 39. The maximum absolute atomic E-state index is 12.8. The number of phosphoric ester groups is 1. The number of quaternary nitrogens is 1. The monoisotopic (exact) mass is 745 g/mol. The van der Waals surface area contributed by atoms with Crippen LogP contribution in [0.25, 0.3) is 0 Å². The molecule has 1 amide bonds. The van der Waals surface area contributed by atoms with E-state index in [4.69, 9.17) is 9.05 Å². The minimum atomic E-state index is -4.57. The van der Waals surface area contributed by atoms with E-state index in [1.165, 1.54) is 141 Å². The van der Waals surface area contributed by atoms with Gasteiger partial charge in [-0.15, -0.1) is 0 Å². The molecule has 8 nitrogen and oxygen atoms in total. The summed E-state index contributed by atoms with van der Waals surface area (Å²) in [6.45, 7) is 4.61. The number of hydrogen-bond donors (Lipinski definition) is 2. The molecule has 0 aliphatic rings. The van der Waals surface area contributed by atoms with Gasteiger partial charge in [0.25, 0.3) is 7.82 Å². The largest absolute Gasteiger partial charge is 0.756 e. The number of amides is 1. The van der Waals surface area contributed by atoms with Gasteiger partial charge in [-0.3, -0.25) is 9.36 Å². The molecule has 0 saturated carbocycles. The average Bonchev–Trinajstić information content (AvgIpc) is 3.07. The molecule has 0 rings (SSSR count). The number of carbonyl (C=O) groups excluding carboxylic acids is 1. The van der Waals surface area contributed by atoms with Crippen LogP contribution in [0.1, 0.15) is 200 Å². The van der Waals surface area contributed by atoms with Gasteiger partial charge in [-0.05, 0) is 19.3 Å². The van der Waals surface area contributed by atoms with Gasteiger partial charge < -0.3 is 28.8 Å². The quantitative estimate of drug-likeness (QED) is 0.0281. The summed E-state index contributed by atoms with van der Waals surface area (Å²) in [4.78, 5) is 25.2. The Morgan fingerprint density at radius 3 is 1.47 bits per heavy atom. The number of carbonyl (C=O) groups is 1. The molecule has 0 aromatic carbocycles. The third-order valence-corrected chi connectivity index (χ3v) is 10.7. The van der Waals surface area contributed by atoms with Crippen LogP contribution in [-0.2, 0) is 18.4 Å². The summed E-state index contributed by atoms with van der Waals surface area (Å²) < 4.78 is 23.1. The highest BCUT2D eigenvalue weighted by atomic mass is 31.2. The molecule has 0 aromatic heterocycles. The molecule has 9 heteroatoms. The van der Waals surface area contributed by atoms with Crippen molar-refractivity contribution in [3.8, 4) is 0 Å². The van der Waals surface area contributed by atoms with Crippen molar-refractivity contribution < 1.29 is 32.9 Å². The minimum Gasteiger partial charge on any atom is -0.756 e. The molecule has 0 aromatic rings. The second-order valence-corrected chi connectivity index (χ2v) is 17.5. The van der Waals surface area contributed by atoms with Crippen LogP contribution in [0.3, 0.4) is 0 Å². The lowest BCUT2D eigenvalue weighted by atomic mass is 10.0. The molecule has 3 atom stereocenters. The predicted octanol–water partition coefficient (Wildman–Crippen LogP) is 10.9. The molecular weight excluding hydrogens is 659 g/mol. The molecule has 0 aliphatic heterocycles. The molecule has 0 fully saturated rings. The number of phosphoric acid groups is 1. The third-order valence-electron chi connectivity index (χ3n) is 9.75. The molecule has 2 N–H and O–H groups in total. The first kappa shape index (κ1) is 50.2. The first-order valence-electron chi connectivity index (χ1n) is 21.6. The first-order valence-corrected chi connectivity index (χ1v) is 23.0. The van der Waals surface area contributed by atoms with E-state index in [0.29, 0.717) is 17.4 Å². The van der Waals surface area contributed by atoms with Gasteiger partial charge in [0.2, 0.25) is 5.91 Å². The van der Waals surface area contributed by atoms with E-state index in [9.17, 15) is 19.4 Å². The highest BCUT2D eigenvalue weighted by molar-refractivity contribution is 7.45. The molecule has 0 heterocycles. The van der Waals surface area contributed by atoms with Gasteiger partial charge in [-0.1, -0.05) is 187 Å². The van der Waals surface area contributed by atoms with Gasteiger partial charge in [0.1, 0.15) is 13.2 Å². The lowest BCUT2D eigenvalue weighted by Crippen LogP contribution is -2.45. The lowest BCUT2D eigenvalue weighted by molar-refractivity contribution is -0.870.